The standard InChI is InChI=1S/C8H13N3O3/c1-11-3-2-7(10-11)8(14)9-4-6(13)5-12/h2-3,6,12-13H,4-5H2,1H3,(H,9,14). The number of rotatable bonds is 4. The molecule has 0 aromatic carbocycles. The van der Waals surface area contributed by atoms with Gasteiger partial charge in [-0.05, 0) is 6.07 Å². The van der Waals surface area contributed by atoms with Crippen LogP contribution in [-0.2, 0) is 7.05 Å². The van der Waals surface area contributed by atoms with E-state index in [4.69, 9.17) is 10.2 Å². The molecular formula is C8H13N3O3. The van der Waals surface area contributed by atoms with E-state index in [9.17, 15) is 4.79 Å². The van der Waals surface area contributed by atoms with Crippen molar-refractivity contribution < 1.29 is 15.0 Å². The second kappa shape index (κ2) is 4.73. The van der Waals surface area contributed by atoms with Crippen molar-refractivity contribution >= 4 is 5.91 Å². The minimum absolute atomic E-state index is 0.0197. The predicted molar refractivity (Wildman–Crippen MR) is 48.6 cm³/mol. The summed E-state index contributed by atoms with van der Waals surface area (Å²) in [5.41, 5.74) is 0.289. The van der Waals surface area contributed by atoms with E-state index in [2.05, 4.69) is 10.4 Å². The van der Waals surface area contributed by atoms with E-state index in [1.54, 1.807) is 19.3 Å². The lowest BCUT2D eigenvalue weighted by Gasteiger charge is -2.07. The van der Waals surface area contributed by atoms with Gasteiger partial charge < -0.3 is 15.5 Å². The Balaban J connectivity index is 2.43. The van der Waals surface area contributed by atoms with Crippen molar-refractivity contribution in [3.05, 3.63) is 18.0 Å². The van der Waals surface area contributed by atoms with Crippen molar-refractivity contribution in [2.45, 2.75) is 6.10 Å². The summed E-state index contributed by atoms with van der Waals surface area (Å²) < 4.78 is 1.51. The number of nitrogens with one attached hydrogen (secondary N) is 1. The van der Waals surface area contributed by atoms with Crippen molar-refractivity contribution in [3.8, 4) is 0 Å². The van der Waals surface area contributed by atoms with Gasteiger partial charge in [-0.2, -0.15) is 5.10 Å². The van der Waals surface area contributed by atoms with Crippen LogP contribution in [-0.4, -0.2) is 45.2 Å². The number of hydrogen-bond donors (Lipinski definition) is 3. The highest BCUT2D eigenvalue weighted by Crippen LogP contribution is 1.93. The van der Waals surface area contributed by atoms with Gasteiger partial charge in [0.1, 0.15) is 5.69 Å². The molecule has 1 rings (SSSR count). The zero-order valence-electron chi connectivity index (χ0n) is 7.84. The number of aliphatic hydroxyl groups is 2. The molecule has 0 radical (unpaired) electrons. The highest BCUT2D eigenvalue weighted by atomic mass is 16.3. The second-order valence-electron chi connectivity index (χ2n) is 2.92. The lowest BCUT2D eigenvalue weighted by atomic mass is 10.3. The number of nitrogens with zero attached hydrogens (tertiary/aromatic N) is 2. The van der Waals surface area contributed by atoms with E-state index in [0.717, 1.165) is 0 Å². The second-order valence-corrected chi connectivity index (χ2v) is 2.92. The fraction of sp³-hybridized carbons (Fsp3) is 0.500. The van der Waals surface area contributed by atoms with Crippen LogP contribution in [0.3, 0.4) is 0 Å². The van der Waals surface area contributed by atoms with Gasteiger partial charge in [0, 0.05) is 19.8 Å². The van der Waals surface area contributed by atoms with Crippen LogP contribution >= 0.6 is 0 Å². The minimum atomic E-state index is -0.928. The van der Waals surface area contributed by atoms with Crippen LogP contribution in [0.5, 0.6) is 0 Å². The summed E-state index contributed by atoms with van der Waals surface area (Å²) >= 11 is 0. The third kappa shape index (κ3) is 2.82. The predicted octanol–water partition coefficient (Wildman–Crippen LogP) is -1.50. The monoisotopic (exact) mass is 199 g/mol. The fourth-order valence-corrected chi connectivity index (χ4v) is 0.902. The molecule has 6 heteroatoms. The molecule has 0 aliphatic heterocycles. The molecule has 0 aliphatic rings. The molecule has 78 valence electrons. The van der Waals surface area contributed by atoms with E-state index in [1.807, 2.05) is 0 Å². The average Bonchev–Trinajstić information content (AvgIpc) is 2.60. The van der Waals surface area contributed by atoms with Gasteiger partial charge >= 0.3 is 0 Å². The van der Waals surface area contributed by atoms with E-state index in [0.29, 0.717) is 0 Å². The van der Waals surface area contributed by atoms with Gasteiger partial charge in [0.25, 0.3) is 5.91 Å². The van der Waals surface area contributed by atoms with E-state index in [-0.39, 0.29) is 24.8 Å². The molecular weight excluding hydrogens is 186 g/mol. The molecule has 1 unspecified atom stereocenters. The zero-order valence-corrected chi connectivity index (χ0v) is 7.84. The fourth-order valence-electron chi connectivity index (χ4n) is 0.902. The van der Waals surface area contributed by atoms with Crippen molar-refractivity contribution in [3.63, 3.8) is 0 Å². The first-order valence-corrected chi connectivity index (χ1v) is 4.20. The maximum Gasteiger partial charge on any atom is 0.271 e. The maximum atomic E-state index is 11.3. The summed E-state index contributed by atoms with van der Waals surface area (Å²) in [5.74, 6) is -0.363. The Hall–Kier alpha value is -1.40. The summed E-state index contributed by atoms with van der Waals surface area (Å²) in [6.07, 6.45) is 0.722. The maximum absolute atomic E-state index is 11.3. The van der Waals surface area contributed by atoms with Crippen LogP contribution in [0.25, 0.3) is 0 Å². The molecule has 0 aliphatic carbocycles. The highest BCUT2D eigenvalue weighted by Gasteiger charge is 2.09. The summed E-state index contributed by atoms with van der Waals surface area (Å²) in [5, 5.41) is 23.8. The molecule has 1 heterocycles. The molecule has 1 amide bonds. The molecule has 0 saturated carbocycles. The van der Waals surface area contributed by atoms with Crippen molar-refractivity contribution in [2.24, 2.45) is 7.05 Å². The van der Waals surface area contributed by atoms with Gasteiger partial charge in [0.05, 0.1) is 12.7 Å². The van der Waals surface area contributed by atoms with Crippen LogP contribution in [0.4, 0.5) is 0 Å². The summed E-state index contributed by atoms with van der Waals surface area (Å²) in [4.78, 5) is 11.3. The molecule has 14 heavy (non-hydrogen) atoms. The molecule has 0 saturated heterocycles. The summed E-state index contributed by atoms with van der Waals surface area (Å²) in [6.45, 7) is -0.353. The van der Waals surface area contributed by atoms with Gasteiger partial charge in [0.15, 0.2) is 0 Å². The van der Waals surface area contributed by atoms with Crippen molar-refractivity contribution in [1.29, 1.82) is 0 Å². The Kier molecular flexibility index (Phi) is 3.61. The van der Waals surface area contributed by atoms with E-state index < -0.39 is 6.10 Å². The Morgan fingerprint density at radius 3 is 3.00 bits per heavy atom. The largest absolute Gasteiger partial charge is 0.394 e. The minimum Gasteiger partial charge on any atom is -0.394 e. The summed E-state index contributed by atoms with van der Waals surface area (Å²) in [6, 6.07) is 1.57. The first kappa shape index (κ1) is 10.7. The van der Waals surface area contributed by atoms with Crippen LogP contribution in [0.1, 0.15) is 10.5 Å². The normalized spacial score (nSPS) is 12.5. The average molecular weight is 199 g/mol. The molecule has 1 aromatic heterocycles. The van der Waals surface area contributed by atoms with Crippen LogP contribution in [0.15, 0.2) is 12.3 Å². The molecule has 3 N–H and O–H groups in total. The molecule has 0 fully saturated rings. The van der Waals surface area contributed by atoms with Crippen molar-refractivity contribution in [1.82, 2.24) is 15.1 Å². The number of aryl methyl sites for hydroxylation is 1. The molecule has 1 aromatic rings. The molecule has 0 bridgehead atoms. The number of amides is 1. The lowest BCUT2D eigenvalue weighted by Crippen LogP contribution is -2.34. The zero-order chi connectivity index (χ0) is 10.6. The van der Waals surface area contributed by atoms with Gasteiger partial charge in [-0.1, -0.05) is 0 Å². The number of carbonyl (C=O) groups excluding carboxylic acids is 1. The van der Waals surface area contributed by atoms with Crippen molar-refractivity contribution in [2.75, 3.05) is 13.2 Å². The first-order chi connectivity index (χ1) is 6.63. The van der Waals surface area contributed by atoms with Gasteiger partial charge in [0.2, 0.25) is 0 Å². The molecule has 1 atom stereocenters. The number of aliphatic hydroxyl groups excluding tert-OH is 2. The summed E-state index contributed by atoms with van der Waals surface area (Å²) in [7, 11) is 1.71. The Labute approximate surface area is 81.2 Å². The van der Waals surface area contributed by atoms with Gasteiger partial charge in [-0.25, -0.2) is 0 Å². The smallest absolute Gasteiger partial charge is 0.271 e. The number of carbonyl (C=O) groups is 1. The van der Waals surface area contributed by atoms with Gasteiger partial charge in [-0.15, -0.1) is 0 Å². The third-order valence-corrected chi connectivity index (χ3v) is 1.66. The molecule has 6 nitrogen and oxygen atoms in total. The van der Waals surface area contributed by atoms with E-state index in [1.165, 1.54) is 4.68 Å². The topological polar surface area (TPSA) is 87.4 Å². The van der Waals surface area contributed by atoms with Crippen LogP contribution in [0.2, 0.25) is 0 Å². The van der Waals surface area contributed by atoms with Crippen LogP contribution in [0, 0.1) is 0 Å². The van der Waals surface area contributed by atoms with Gasteiger partial charge in [-0.3, -0.25) is 9.48 Å². The Bertz CT molecular complexity index is 311. The van der Waals surface area contributed by atoms with E-state index >= 15 is 0 Å². The highest BCUT2D eigenvalue weighted by molar-refractivity contribution is 5.92. The Morgan fingerprint density at radius 2 is 2.50 bits per heavy atom. The molecule has 0 spiro atoms. The quantitative estimate of drug-likeness (QED) is 0.551. The number of aromatic nitrogens is 2. The Morgan fingerprint density at radius 1 is 1.79 bits per heavy atom. The number of hydrogen-bond acceptors (Lipinski definition) is 4. The lowest BCUT2D eigenvalue weighted by molar-refractivity contribution is 0.0798. The van der Waals surface area contributed by atoms with Crippen LogP contribution < -0.4 is 5.32 Å². The SMILES string of the molecule is Cn1ccc(C(=O)NCC(O)CO)n1. The first-order valence-electron chi connectivity index (χ1n) is 4.20. The third-order valence-electron chi connectivity index (χ3n) is 1.66.